The Morgan fingerprint density at radius 2 is 2.17 bits per heavy atom. The van der Waals surface area contributed by atoms with Crippen molar-refractivity contribution in [1.82, 2.24) is 20.2 Å². The van der Waals surface area contributed by atoms with Gasteiger partial charge in [-0.05, 0) is 33.3 Å². The van der Waals surface area contributed by atoms with Crippen molar-refractivity contribution in [3.05, 3.63) is 23.5 Å². The summed E-state index contributed by atoms with van der Waals surface area (Å²) in [6.45, 7) is 7.02. The highest BCUT2D eigenvalue weighted by molar-refractivity contribution is 5.47. The average molecular weight is 332 g/mol. The standard InChI is InChI=1S/C16H24N6O2/c1-9(2)24-15-6-14(18-16(17)19-15)22-7-11(13(23)8-22)5-12-4-10(3)20-21-12/h4,6,9,11,13,23H,5,7-8H2,1-3H3,(H,20,21)(H2,17,18,19)/t11-,13+/m1/s1. The van der Waals surface area contributed by atoms with Gasteiger partial charge in [0.05, 0.1) is 17.9 Å². The van der Waals surface area contributed by atoms with Gasteiger partial charge in [0, 0.05) is 30.8 Å². The van der Waals surface area contributed by atoms with E-state index >= 15 is 0 Å². The number of rotatable bonds is 5. The number of ether oxygens (including phenoxy) is 1. The van der Waals surface area contributed by atoms with Gasteiger partial charge in [0.25, 0.3) is 0 Å². The van der Waals surface area contributed by atoms with E-state index < -0.39 is 6.10 Å². The lowest BCUT2D eigenvalue weighted by Crippen LogP contribution is -2.23. The summed E-state index contributed by atoms with van der Waals surface area (Å²) in [4.78, 5) is 10.4. The number of H-pyrrole nitrogens is 1. The van der Waals surface area contributed by atoms with Crippen molar-refractivity contribution in [2.45, 2.75) is 39.4 Å². The molecule has 2 aromatic rings. The second kappa shape index (κ2) is 6.64. The van der Waals surface area contributed by atoms with Crippen molar-refractivity contribution in [3.63, 3.8) is 0 Å². The Labute approximate surface area is 141 Å². The first-order valence-electron chi connectivity index (χ1n) is 8.16. The molecule has 130 valence electrons. The Morgan fingerprint density at radius 1 is 1.38 bits per heavy atom. The predicted molar refractivity (Wildman–Crippen MR) is 90.9 cm³/mol. The lowest BCUT2D eigenvalue weighted by atomic mass is 10.0. The Hall–Kier alpha value is -2.35. The molecule has 0 spiro atoms. The number of β-amino-alcohol motifs (C(OH)–C–C–N with tert-alkyl or cyclic N) is 1. The molecule has 3 heterocycles. The number of nitrogens with two attached hydrogens (primary N) is 1. The van der Waals surface area contributed by atoms with E-state index in [4.69, 9.17) is 10.5 Å². The van der Waals surface area contributed by atoms with E-state index in [1.807, 2.05) is 31.7 Å². The van der Waals surface area contributed by atoms with Gasteiger partial charge in [-0.25, -0.2) is 0 Å². The van der Waals surface area contributed by atoms with Gasteiger partial charge in [0.2, 0.25) is 11.8 Å². The van der Waals surface area contributed by atoms with Crippen LogP contribution in [0.2, 0.25) is 0 Å². The summed E-state index contributed by atoms with van der Waals surface area (Å²) in [7, 11) is 0. The van der Waals surface area contributed by atoms with E-state index in [-0.39, 0.29) is 18.0 Å². The number of nitrogens with zero attached hydrogens (tertiary/aromatic N) is 4. The lowest BCUT2D eigenvalue weighted by molar-refractivity contribution is 0.148. The van der Waals surface area contributed by atoms with Crippen LogP contribution in [0.3, 0.4) is 0 Å². The number of aliphatic hydroxyl groups excluding tert-OH is 1. The number of hydrogen-bond acceptors (Lipinski definition) is 7. The van der Waals surface area contributed by atoms with Gasteiger partial charge in [-0.3, -0.25) is 5.10 Å². The van der Waals surface area contributed by atoms with Crippen LogP contribution in [-0.4, -0.2) is 50.6 Å². The Balaban J connectivity index is 1.73. The molecule has 1 aliphatic heterocycles. The van der Waals surface area contributed by atoms with Crippen LogP contribution in [0.25, 0.3) is 0 Å². The number of aromatic amines is 1. The van der Waals surface area contributed by atoms with E-state index in [1.165, 1.54) is 0 Å². The van der Waals surface area contributed by atoms with E-state index in [2.05, 4.69) is 20.2 Å². The van der Waals surface area contributed by atoms with Crippen molar-refractivity contribution in [2.24, 2.45) is 5.92 Å². The van der Waals surface area contributed by atoms with Crippen LogP contribution >= 0.6 is 0 Å². The number of anilines is 2. The van der Waals surface area contributed by atoms with Crippen LogP contribution in [0.5, 0.6) is 5.88 Å². The minimum absolute atomic E-state index is 0.00646. The fourth-order valence-corrected chi connectivity index (χ4v) is 2.98. The fraction of sp³-hybridized carbons (Fsp3) is 0.562. The second-order valence-electron chi connectivity index (χ2n) is 6.57. The summed E-state index contributed by atoms with van der Waals surface area (Å²) in [6.07, 6.45) is 0.289. The molecule has 3 rings (SSSR count). The fourth-order valence-electron chi connectivity index (χ4n) is 2.98. The summed E-state index contributed by atoms with van der Waals surface area (Å²) in [5.74, 6) is 1.40. The maximum atomic E-state index is 10.4. The molecule has 0 radical (unpaired) electrons. The predicted octanol–water partition coefficient (Wildman–Crippen LogP) is 0.917. The molecule has 0 saturated carbocycles. The third-order valence-corrected chi connectivity index (χ3v) is 4.02. The van der Waals surface area contributed by atoms with Gasteiger partial charge in [-0.2, -0.15) is 15.1 Å². The maximum absolute atomic E-state index is 10.4. The molecule has 1 aliphatic rings. The average Bonchev–Trinajstić information content (AvgIpc) is 3.05. The van der Waals surface area contributed by atoms with E-state index in [0.29, 0.717) is 24.8 Å². The smallest absolute Gasteiger partial charge is 0.225 e. The largest absolute Gasteiger partial charge is 0.475 e. The Morgan fingerprint density at radius 3 is 2.83 bits per heavy atom. The number of nitrogens with one attached hydrogen (secondary N) is 1. The van der Waals surface area contributed by atoms with Crippen molar-refractivity contribution in [1.29, 1.82) is 0 Å². The summed E-state index contributed by atoms with van der Waals surface area (Å²) < 4.78 is 5.61. The molecular formula is C16H24N6O2. The maximum Gasteiger partial charge on any atom is 0.225 e. The number of aliphatic hydroxyl groups is 1. The van der Waals surface area contributed by atoms with Crippen molar-refractivity contribution >= 4 is 11.8 Å². The Kier molecular flexibility index (Phi) is 4.57. The molecule has 0 amide bonds. The van der Waals surface area contributed by atoms with Gasteiger partial charge in [0.1, 0.15) is 5.82 Å². The van der Waals surface area contributed by atoms with Gasteiger partial charge >= 0.3 is 0 Å². The lowest BCUT2D eigenvalue weighted by Gasteiger charge is -2.18. The van der Waals surface area contributed by atoms with Gasteiger partial charge in [0.15, 0.2) is 0 Å². The van der Waals surface area contributed by atoms with Crippen LogP contribution in [0.4, 0.5) is 11.8 Å². The number of aryl methyl sites for hydroxylation is 1. The normalized spacial score (nSPS) is 20.8. The number of hydrogen-bond donors (Lipinski definition) is 3. The minimum Gasteiger partial charge on any atom is -0.475 e. The monoisotopic (exact) mass is 332 g/mol. The molecule has 0 unspecified atom stereocenters. The molecule has 2 aromatic heterocycles. The molecule has 1 fully saturated rings. The zero-order chi connectivity index (χ0) is 17.3. The van der Waals surface area contributed by atoms with Gasteiger partial charge in [-0.1, -0.05) is 0 Å². The Bertz CT molecular complexity index is 702. The van der Waals surface area contributed by atoms with Crippen LogP contribution < -0.4 is 15.4 Å². The molecule has 0 aliphatic carbocycles. The summed E-state index contributed by atoms with van der Waals surface area (Å²) in [6, 6.07) is 3.77. The van der Waals surface area contributed by atoms with Crippen LogP contribution in [-0.2, 0) is 6.42 Å². The second-order valence-corrected chi connectivity index (χ2v) is 6.57. The van der Waals surface area contributed by atoms with E-state index in [9.17, 15) is 5.11 Å². The highest BCUT2D eigenvalue weighted by atomic mass is 16.5. The topological polar surface area (TPSA) is 113 Å². The van der Waals surface area contributed by atoms with Gasteiger partial charge in [-0.15, -0.1) is 0 Å². The molecule has 0 bridgehead atoms. The van der Waals surface area contributed by atoms with Crippen molar-refractivity contribution in [3.8, 4) is 5.88 Å². The van der Waals surface area contributed by atoms with Crippen LogP contribution in [0.15, 0.2) is 12.1 Å². The first kappa shape index (κ1) is 16.5. The SMILES string of the molecule is Cc1cc(C[C@@H]2CN(c3cc(OC(C)C)nc(N)n3)C[C@@H]2O)n[nH]1. The minimum atomic E-state index is -0.437. The molecule has 4 N–H and O–H groups in total. The molecular weight excluding hydrogens is 308 g/mol. The zero-order valence-corrected chi connectivity index (χ0v) is 14.2. The molecule has 1 saturated heterocycles. The van der Waals surface area contributed by atoms with E-state index in [1.54, 1.807) is 6.07 Å². The van der Waals surface area contributed by atoms with Crippen molar-refractivity contribution < 1.29 is 9.84 Å². The molecule has 0 aromatic carbocycles. The first-order valence-corrected chi connectivity index (χ1v) is 8.16. The third-order valence-electron chi connectivity index (χ3n) is 4.02. The third kappa shape index (κ3) is 3.76. The quantitative estimate of drug-likeness (QED) is 0.746. The summed E-state index contributed by atoms with van der Waals surface area (Å²) in [5, 5.41) is 17.6. The summed E-state index contributed by atoms with van der Waals surface area (Å²) >= 11 is 0. The highest BCUT2D eigenvalue weighted by Crippen LogP contribution is 2.27. The molecule has 8 nitrogen and oxygen atoms in total. The molecule has 8 heteroatoms. The zero-order valence-electron chi connectivity index (χ0n) is 14.2. The number of nitrogen functional groups attached to an aromatic ring is 1. The summed E-state index contributed by atoms with van der Waals surface area (Å²) in [5.41, 5.74) is 7.78. The van der Waals surface area contributed by atoms with E-state index in [0.717, 1.165) is 17.8 Å². The van der Waals surface area contributed by atoms with Gasteiger partial charge < -0.3 is 20.5 Å². The molecule has 2 atom stereocenters. The van der Waals surface area contributed by atoms with Crippen LogP contribution in [0, 0.1) is 12.8 Å². The number of aromatic nitrogens is 4. The van der Waals surface area contributed by atoms with Crippen LogP contribution in [0.1, 0.15) is 25.2 Å². The highest BCUT2D eigenvalue weighted by Gasteiger charge is 2.33. The van der Waals surface area contributed by atoms with Crippen molar-refractivity contribution in [2.75, 3.05) is 23.7 Å². The molecule has 24 heavy (non-hydrogen) atoms. The first-order chi connectivity index (χ1) is 11.4.